The van der Waals surface area contributed by atoms with Gasteiger partial charge in [0.15, 0.2) is 0 Å². The number of aliphatic hydroxyl groups excluding tert-OH is 2. The topological polar surface area (TPSA) is 68.2 Å². The van der Waals surface area contributed by atoms with Crippen LogP contribution in [0.25, 0.3) is 0 Å². The smallest absolute Gasteiger partial charge is 0.118 e. The second-order valence-electron chi connectivity index (χ2n) is 9.34. The van der Waals surface area contributed by atoms with E-state index < -0.39 is 12.2 Å². The summed E-state index contributed by atoms with van der Waals surface area (Å²) in [6, 6.07) is 7.78. The molecular formula is C24H35BrO5. The number of hydrogen-bond donors (Lipinski definition) is 2. The van der Waals surface area contributed by atoms with E-state index in [1.807, 2.05) is 24.3 Å². The van der Waals surface area contributed by atoms with Gasteiger partial charge in [0, 0.05) is 4.83 Å². The Hall–Kier alpha value is -0.920. The van der Waals surface area contributed by atoms with E-state index in [1.165, 1.54) is 0 Å². The standard InChI is InChI=1S/C24H35BrO5/c1-23(2)20-10-7-17(15-29-14-16-5-8-18(28-4)9-6-16)22(19(27)13-26)30-24(20,3)12-11-21(23)25/h5-9,19-22,26-27H,10-15H2,1-4H3/t19?,20-,21-,22+,24-/m0/s1. The van der Waals surface area contributed by atoms with Crippen molar-refractivity contribution in [3.8, 4) is 5.75 Å². The third-order valence-corrected chi connectivity index (χ3v) is 8.58. The van der Waals surface area contributed by atoms with Gasteiger partial charge in [0.1, 0.15) is 18.0 Å². The van der Waals surface area contributed by atoms with E-state index in [4.69, 9.17) is 14.2 Å². The number of allylic oxidation sites excluding steroid dienone is 1. The number of ether oxygens (including phenoxy) is 3. The minimum atomic E-state index is -0.971. The molecule has 1 unspecified atom stereocenters. The fraction of sp³-hybridized carbons (Fsp3) is 0.667. The fourth-order valence-corrected chi connectivity index (χ4v) is 5.53. The van der Waals surface area contributed by atoms with Crippen molar-refractivity contribution >= 4 is 15.9 Å². The molecule has 1 aromatic rings. The largest absolute Gasteiger partial charge is 0.497 e. The van der Waals surface area contributed by atoms with Gasteiger partial charge in [-0.15, -0.1) is 0 Å². The number of alkyl halides is 1. The molecule has 0 saturated heterocycles. The molecule has 1 aliphatic carbocycles. The lowest BCUT2D eigenvalue weighted by atomic mass is 9.60. The zero-order valence-corrected chi connectivity index (χ0v) is 20.0. The third-order valence-electron chi connectivity index (χ3n) is 6.95. The van der Waals surface area contributed by atoms with Gasteiger partial charge in [0.05, 0.1) is 32.5 Å². The molecule has 0 bridgehead atoms. The molecule has 0 amide bonds. The van der Waals surface area contributed by atoms with E-state index >= 15 is 0 Å². The minimum Gasteiger partial charge on any atom is -0.497 e. The molecule has 30 heavy (non-hydrogen) atoms. The van der Waals surface area contributed by atoms with Crippen LogP contribution in [0.5, 0.6) is 5.75 Å². The van der Waals surface area contributed by atoms with Crippen LogP contribution in [0.2, 0.25) is 0 Å². The van der Waals surface area contributed by atoms with Crippen LogP contribution in [-0.4, -0.2) is 53.2 Å². The summed E-state index contributed by atoms with van der Waals surface area (Å²) in [6.45, 7) is 7.20. The number of fused-ring (bicyclic) bond motifs is 1. The van der Waals surface area contributed by atoms with Gasteiger partial charge >= 0.3 is 0 Å². The molecule has 5 nitrogen and oxygen atoms in total. The van der Waals surface area contributed by atoms with E-state index in [0.717, 1.165) is 36.1 Å². The highest BCUT2D eigenvalue weighted by atomic mass is 79.9. The van der Waals surface area contributed by atoms with Crippen LogP contribution in [-0.2, 0) is 16.1 Å². The molecule has 1 aromatic carbocycles. The summed E-state index contributed by atoms with van der Waals surface area (Å²) in [4.78, 5) is 0.425. The van der Waals surface area contributed by atoms with E-state index in [9.17, 15) is 10.2 Å². The van der Waals surface area contributed by atoms with Crippen LogP contribution in [0.4, 0.5) is 0 Å². The van der Waals surface area contributed by atoms with Crippen LogP contribution in [0.1, 0.15) is 45.6 Å². The minimum absolute atomic E-state index is 0.0532. The molecular weight excluding hydrogens is 448 g/mol. The Morgan fingerprint density at radius 3 is 2.53 bits per heavy atom. The van der Waals surface area contributed by atoms with Crippen molar-refractivity contribution in [2.75, 3.05) is 20.3 Å². The summed E-state index contributed by atoms with van der Waals surface area (Å²) < 4.78 is 17.8. The molecule has 168 valence electrons. The molecule has 1 heterocycles. The molecule has 2 aliphatic rings. The van der Waals surface area contributed by atoms with Gasteiger partial charge < -0.3 is 24.4 Å². The lowest BCUT2D eigenvalue weighted by Crippen LogP contribution is -2.54. The first-order valence-corrected chi connectivity index (χ1v) is 11.6. The van der Waals surface area contributed by atoms with E-state index in [-0.39, 0.29) is 17.6 Å². The lowest BCUT2D eigenvalue weighted by molar-refractivity contribution is -0.176. The van der Waals surface area contributed by atoms with Crippen LogP contribution < -0.4 is 4.74 Å². The monoisotopic (exact) mass is 482 g/mol. The Bertz CT molecular complexity index is 732. The number of aliphatic hydroxyl groups is 2. The van der Waals surface area contributed by atoms with Crippen molar-refractivity contribution in [3.05, 3.63) is 41.5 Å². The predicted molar refractivity (Wildman–Crippen MR) is 121 cm³/mol. The average molecular weight is 483 g/mol. The number of halogens is 1. The van der Waals surface area contributed by atoms with Crippen molar-refractivity contribution in [1.29, 1.82) is 0 Å². The lowest BCUT2D eigenvalue weighted by Gasteiger charge is -2.53. The van der Waals surface area contributed by atoms with E-state index in [0.29, 0.717) is 24.0 Å². The van der Waals surface area contributed by atoms with E-state index in [1.54, 1.807) is 7.11 Å². The van der Waals surface area contributed by atoms with Gasteiger partial charge in [0.25, 0.3) is 0 Å². The average Bonchev–Trinajstić information content (AvgIpc) is 2.89. The number of rotatable bonds is 7. The quantitative estimate of drug-likeness (QED) is 0.449. The summed E-state index contributed by atoms with van der Waals surface area (Å²) in [5.74, 6) is 1.11. The van der Waals surface area contributed by atoms with Crippen LogP contribution in [0.15, 0.2) is 35.9 Å². The molecule has 3 rings (SSSR count). The zero-order chi connectivity index (χ0) is 21.9. The van der Waals surface area contributed by atoms with Gasteiger partial charge in [0.2, 0.25) is 0 Å². The Morgan fingerprint density at radius 2 is 1.90 bits per heavy atom. The highest BCUT2D eigenvalue weighted by Gasteiger charge is 2.53. The predicted octanol–water partition coefficient (Wildman–Crippen LogP) is 4.24. The summed E-state index contributed by atoms with van der Waals surface area (Å²) in [6.07, 6.45) is 3.43. The summed E-state index contributed by atoms with van der Waals surface area (Å²) in [5.41, 5.74) is 1.65. The normalized spacial score (nSPS) is 32.0. The molecule has 6 heteroatoms. The van der Waals surface area contributed by atoms with Crippen molar-refractivity contribution in [1.82, 2.24) is 0 Å². The molecule has 1 aliphatic heterocycles. The maximum Gasteiger partial charge on any atom is 0.118 e. The molecule has 0 spiro atoms. The summed E-state index contributed by atoms with van der Waals surface area (Å²) in [5, 5.41) is 20.2. The first-order valence-electron chi connectivity index (χ1n) is 10.7. The molecule has 1 saturated carbocycles. The van der Waals surface area contributed by atoms with Gasteiger partial charge in [-0.2, -0.15) is 0 Å². The first-order chi connectivity index (χ1) is 14.2. The Labute approximate surface area is 188 Å². The maximum atomic E-state index is 10.5. The van der Waals surface area contributed by atoms with Crippen LogP contribution in [0.3, 0.4) is 0 Å². The highest BCUT2D eigenvalue weighted by Crippen LogP contribution is 2.54. The highest BCUT2D eigenvalue weighted by molar-refractivity contribution is 9.09. The van der Waals surface area contributed by atoms with Crippen LogP contribution >= 0.6 is 15.9 Å². The van der Waals surface area contributed by atoms with E-state index in [2.05, 4.69) is 42.8 Å². The number of benzene rings is 1. The second-order valence-corrected chi connectivity index (χ2v) is 10.4. The summed E-state index contributed by atoms with van der Waals surface area (Å²) in [7, 11) is 1.65. The van der Waals surface area contributed by atoms with Gasteiger partial charge in [-0.3, -0.25) is 0 Å². The Balaban J connectivity index is 1.75. The van der Waals surface area contributed by atoms with Crippen molar-refractivity contribution in [2.24, 2.45) is 11.3 Å². The van der Waals surface area contributed by atoms with Gasteiger partial charge in [-0.25, -0.2) is 0 Å². The second kappa shape index (κ2) is 9.70. The van der Waals surface area contributed by atoms with Gasteiger partial charge in [-0.05, 0) is 60.8 Å². The summed E-state index contributed by atoms with van der Waals surface area (Å²) >= 11 is 3.87. The maximum absolute atomic E-state index is 10.5. The van der Waals surface area contributed by atoms with Crippen molar-refractivity contribution < 1.29 is 24.4 Å². The number of methoxy groups -OCH3 is 1. The zero-order valence-electron chi connectivity index (χ0n) is 18.4. The van der Waals surface area contributed by atoms with Gasteiger partial charge in [-0.1, -0.05) is 48.0 Å². The fourth-order valence-electron chi connectivity index (χ4n) is 4.98. The van der Waals surface area contributed by atoms with Crippen molar-refractivity contribution in [2.45, 2.75) is 69.3 Å². The van der Waals surface area contributed by atoms with Crippen molar-refractivity contribution in [3.63, 3.8) is 0 Å². The molecule has 5 atom stereocenters. The molecule has 0 radical (unpaired) electrons. The SMILES string of the molecule is COc1ccc(COCC2=CC[C@H]3C(C)(C)[C@@H](Br)CC[C@]3(C)O[C@H]2C(O)CO)cc1. The van der Waals surface area contributed by atoms with Crippen LogP contribution in [0, 0.1) is 11.3 Å². The first kappa shape index (κ1) is 23.7. The Kier molecular flexibility index (Phi) is 7.67. The molecule has 0 aromatic heterocycles. The third kappa shape index (κ3) is 4.94. The Morgan fingerprint density at radius 1 is 1.20 bits per heavy atom. The molecule has 1 fully saturated rings. The molecule has 2 N–H and O–H groups in total. The number of hydrogen-bond acceptors (Lipinski definition) is 5.